The first-order valence-electron chi connectivity index (χ1n) is 5.50. The van der Waals surface area contributed by atoms with Gasteiger partial charge in [0.1, 0.15) is 5.82 Å². The van der Waals surface area contributed by atoms with Crippen LogP contribution in [-0.2, 0) is 9.53 Å². The third-order valence-corrected chi connectivity index (χ3v) is 2.41. The maximum Gasteiger partial charge on any atom is 0.303 e. The van der Waals surface area contributed by atoms with Crippen LogP contribution < -0.4 is 0 Å². The van der Waals surface area contributed by atoms with Crippen LogP contribution in [0, 0.1) is 5.82 Å². The van der Waals surface area contributed by atoms with Gasteiger partial charge in [0.05, 0.1) is 5.69 Å². The molecular formula is C14H12FNO2. The van der Waals surface area contributed by atoms with E-state index in [0.29, 0.717) is 11.3 Å². The van der Waals surface area contributed by atoms with Crippen molar-refractivity contribution in [2.45, 2.75) is 13.0 Å². The summed E-state index contributed by atoms with van der Waals surface area (Å²) in [6.45, 7) is 1.33. The molecular weight excluding hydrogens is 233 g/mol. The minimum absolute atomic E-state index is 0.332. The number of hydrogen-bond donors (Lipinski definition) is 0. The second-order valence-electron chi connectivity index (χ2n) is 3.80. The van der Waals surface area contributed by atoms with E-state index in [4.69, 9.17) is 4.74 Å². The second-order valence-corrected chi connectivity index (χ2v) is 3.80. The van der Waals surface area contributed by atoms with Gasteiger partial charge in [0, 0.05) is 13.1 Å². The number of esters is 1. The highest BCUT2D eigenvalue weighted by molar-refractivity contribution is 5.66. The first kappa shape index (κ1) is 12.2. The lowest BCUT2D eigenvalue weighted by Crippen LogP contribution is -2.11. The van der Waals surface area contributed by atoms with Crippen LogP contribution in [-0.4, -0.2) is 11.0 Å². The van der Waals surface area contributed by atoms with E-state index in [0.717, 1.165) is 0 Å². The molecule has 0 bridgehead atoms. The maximum atomic E-state index is 12.9. The fourth-order valence-corrected chi connectivity index (χ4v) is 1.63. The average molecular weight is 245 g/mol. The van der Waals surface area contributed by atoms with E-state index in [9.17, 15) is 9.18 Å². The number of benzene rings is 1. The van der Waals surface area contributed by atoms with Gasteiger partial charge in [-0.2, -0.15) is 0 Å². The van der Waals surface area contributed by atoms with Crippen molar-refractivity contribution in [2.75, 3.05) is 0 Å². The average Bonchev–Trinajstić information content (AvgIpc) is 2.38. The summed E-state index contributed by atoms with van der Waals surface area (Å²) >= 11 is 0. The number of halogens is 1. The molecule has 0 saturated carbocycles. The number of carbonyl (C=O) groups excluding carboxylic acids is 1. The molecule has 0 N–H and O–H groups in total. The van der Waals surface area contributed by atoms with Crippen molar-refractivity contribution in [1.82, 2.24) is 4.98 Å². The second kappa shape index (κ2) is 5.40. The Balaban J connectivity index is 2.36. The molecule has 2 rings (SSSR count). The summed E-state index contributed by atoms with van der Waals surface area (Å²) < 4.78 is 18.1. The first-order valence-corrected chi connectivity index (χ1v) is 5.50. The molecule has 3 nitrogen and oxygen atoms in total. The third kappa shape index (κ3) is 2.91. The smallest absolute Gasteiger partial charge is 0.303 e. The number of hydrogen-bond acceptors (Lipinski definition) is 3. The number of carbonyl (C=O) groups is 1. The van der Waals surface area contributed by atoms with Gasteiger partial charge in [-0.15, -0.1) is 0 Å². The van der Waals surface area contributed by atoms with Crippen molar-refractivity contribution in [3.8, 4) is 0 Å². The highest BCUT2D eigenvalue weighted by Crippen LogP contribution is 2.24. The lowest BCUT2D eigenvalue weighted by molar-refractivity contribution is -0.144. The minimum atomic E-state index is -0.607. The third-order valence-electron chi connectivity index (χ3n) is 2.41. The molecule has 4 heteroatoms. The summed E-state index contributed by atoms with van der Waals surface area (Å²) in [6.07, 6.45) is 1.01. The lowest BCUT2D eigenvalue weighted by Gasteiger charge is -2.16. The van der Waals surface area contributed by atoms with Crippen LogP contribution in [0.5, 0.6) is 0 Å². The molecule has 1 unspecified atom stereocenters. The normalized spacial score (nSPS) is 11.9. The van der Waals surface area contributed by atoms with Crippen LogP contribution >= 0.6 is 0 Å². The van der Waals surface area contributed by atoms with Crippen LogP contribution in [0.15, 0.2) is 48.7 Å². The highest BCUT2D eigenvalue weighted by atomic mass is 19.1. The van der Waals surface area contributed by atoms with Crippen molar-refractivity contribution in [2.24, 2.45) is 0 Å². The minimum Gasteiger partial charge on any atom is -0.451 e. The predicted octanol–water partition coefficient (Wildman–Crippen LogP) is 2.87. The number of nitrogens with zero attached hydrogens (tertiary/aromatic N) is 1. The summed E-state index contributed by atoms with van der Waals surface area (Å²) in [5.74, 6) is -0.740. The SMILES string of the molecule is CC(=O)OC(c1ccc(F)cc1)c1ccccn1. The molecule has 1 atom stereocenters. The summed E-state index contributed by atoms with van der Waals surface area (Å²) in [6, 6.07) is 11.2. The monoisotopic (exact) mass is 245 g/mol. The predicted molar refractivity (Wildman–Crippen MR) is 64.2 cm³/mol. The van der Waals surface area contributed by atoms with Gasteiger partial charge in [0.25, 0.3) is 0 Å². The molecule has 0 spiro atoms. The molecule has 1 aromatic carbocycles. The Kier molecular flexibility index (Phi) is 3.67. The van der Waals surface area contributed by atoms with Gasteiger partial charge >= 0.3 is 5.97 Å². The number of aromatic nitrogens is 1. The van der Waals surface area contributed by atoms with Crippen molar-refractivity contribution in [1.29, 1.82) is 0 Å². The number of rotatable bonds is 3. The van der Waals surface area contributed by atoms with E-state index in [-0.39, 0.29) is 5.82 Å². The van der Waals surface area contributed by atoms with E-state index < -0.39 is 12.1 Å². The van der Waals surface area contributed by atoms with E-state index in [1.54, 1.807) is 30.5 Å². The van der Waals surface area contributed by atoms with Crippen LogP contribution in [0.25, 0.3) is 0 Å². The van der Waals surface area contributed by atoms with E-state index >= 15 is 0 Å². The fraction of sp³-hybridized carbons (Fsp3) is 0.143. The van der Waals surface area contributed by atoms with Crippen molar-refractivity contribution in [3.63, 3.8) is 0 Å². The first-order chi connectivity index (χ1) is 8.66. The molecule has 0 radical (unpaired) electrons. The van der Waals surface area contributed by atoms with Crippen LogP contribution in [0.4, 0.5) is 4.39 Å². The van der Waals surface area contributed by atoms with Crippen molar-refractivity contribution < 1.29 is 13.9 Å². The molecule has 0 aliphatic heterocycles. The molecule has 1 aromatic heterocycles. The fourth-order valence-electron chi connectivity index (χ4n) is 1.63. The zero-order valence-electron chi connectivity index (χ0n) is 9.84. The van der Waals surface area contributed by atoms with Crippen molar-refractivity contribution in [3.05, 3.63) is 65.7 Å². The topological polar surface area (TPSA) is 39.2 Å². The van der Waals surface area contributed by atoms with Crippen LogP contribution in [0.2, 0.25) is 0 Å². The molecule has 18 heavy (non-hydrogen) atoms. The molecule has 92 valence electrons. The van der Waals surface area contributed by atoms with E-state index in [1.165, 1.54) is 19.1 Å². The largest absolute Gasteiger partial charge is 0.451 e. The Hall–Kier alpha value is -2.23. The summed E-state index contributed by atoms with van der Waals surface area (Å²) in [7, 11) is 0. The Morgan fingerprint density at radius 2 is 1.94 bits per heavy atom. The zero-order valence-corrected chi connectivity index (χ0v) is 9.84. The van der Waals surface area contributed by atoms with Crippen LogP contribution in [0.3, 0.4) is 0 Å². The molecule has 0 aliphatic carbocycles. The number of ether oxygens (including phenoxy) is 1. The molecule has 0 aliphatic rings. The van der Waals surface area contributed by atoms with Gasteiger partial charge in [-0.3, -0.25) is 9.78 Å². The molecule has 1 heterocycles. The summed E-state index contributed by atoms with van der Waals surface area (Å²) in [4.78, 5) is 15.3. The zero-order chi connectivity index (χ0) is 13.0. The van der Waals surface area contributed by atoms with Crippen LogP contribution in [0.1, 0.15) is 24.3 Å². The Labute approximate surface area is 104 Å². The molecule has 0 amide bonds. The van der Waals surface area contributed by atoms with E-state index in [2.05, 4.69) is 4.98 Å². The van der Waals surface area contributed by atoms with Gasteiger partial charge < -0.3 is 4.74 Å². The Morgan fingerprint density at radius 3 is 2.50 bits per heavy atom. The van der Waals surface area contributed by atoms with Crippen molar-refractivity contribution >= 4 is 5.97 Å². The maximum absolute atomic E-state index is 12.9. The molecule has 0 saturated heterocycles. The quantitative estimate of drug-likeness (QED) is 0.780. The van der Waals surface area contributed by atoms with Gasteiger partial charge in [0.15, 0.2) is 6.10 Å². The highest BCUT2D eigenvalue weighted by Gasteiger charge is 2.18. The molecule has 2 aromatic rings. The summed E-state index contributed by atoms with van der Waals surface area (Å²) in [5, 5.41) is 0. The Bertz CT molecular complexity index is 525. The lowest BCUT2D eigenvalue weighted by atomic mass is 10.1. The van der Waals surface area contributed by atoms with Gasteiger partial charge in [-0.05, 0) is 29.8 Å². The number of pyridine rings is 1. The summed E-state index contributed by atoms with van der Waals surface area (Å²) in [5.41, 5.74) is 1.30. The van der Waals surface area contributed by atoms with E-state index in [1.807, 2.05) is 6.07 Å². The van der Waals surface area contributed by atoms with Gasteiger partial charge in [-0.1, -0.05) is 18.2 Å². The Morgan fingerprint density at radius 1 is 1.22 bits per heavy atom. The molecule has 0 fully saturated rings. The van der Waals surface area contributed by atoms with Gasteiger partial charge in [-0.25, -0.2) is 4.39 Å². The standard InChI is InChI=1S/C14H12FNO2/c1-10(17)18-14(13-4-2-3-9-16-13)11-5-7-12(15)8-6-11/h2-9,14H,1H3. The van der Waals surface area contributed by atoms with Gasteiger partial charge in [0.2, 0.25) is 0 Å².